The summed E-state index contributed by atoms with van der Waals surface area (Å²) in [5.74, 6) is 0. The fourth-order valence-electron chi connectivity index (χ4n) is 0.773. The number of fused-ring (bicyclic) bond motifs is 1. The molecule has 0 radical (unpaired) electrons. The monoisotopic (exact) mass is 228 g/mol. The van der Waals surface area contributed by atoms with Crippen molar-refractivity contribution in [3.63, 3.8) is 0 Å². The van der Waals surface area contributed by atoms with Crippen molar-refractivity contribution in [2.45, 2.75) is 0 Å². The van der Waals surface area contributed by atoms with E-state index < -0.39 is 0 Å². The number of hydrogen-bond acceptors (Lipinski definition) is 3. The largest absolute Gasteiger partial charge is 1.00 e. The number of aromatic nitrogens is 4. The van der Waals surface area contributed by atoms with Crippen molar-refractivity contribution in [1.29, 1.82) is 0 Å². The van der Waals surface area contributed by atoms with Crippen LogP contribution < -0.4 is 51.4 Å². The molecule has 0 saturated carbocycles. The second kappa shape index (κ2) is 4.32. The molecule has 2 aromatic rings. The molecule has 0 aromatic carbocycles. The van der Waals surface area contributed by atoms with E-state index in [0.717, 1.165) is 0 Å². The van der Waals surface area contributed by atoms with Crippen molar-refractivity contribution in [3.05, 3.63) is 16.8 Å². The molecule has 2 heterocycles. The standard InChI is InChI=1S/C5H2Cl2N4.K.H/c6-3-2-4(9-1-8-2)11-5(7)10-3;;/h1H,(H,8,9,10,11);;/q;+1;-1. The summed E-state index contributed by atoms with van der Waals surface area (Å²) < 4.78 is 0. The van der Waals surface area contributed by atoms with Crippen LogP contribution in [0.5, 0.6) is 0 Å². The third-order valence-electron chi connectivity index (χ3n) is 1.21. The average molecular weight is 229 g/mol. The Bertz CT molecular complexity index is 406. The molecule has 7 heteroatoms. The number of H-pyrrole nitrogens is 1. The molecule has 2 rings (SSSR count). The van der Waals surface area contributed by atoms with Crippen molar-refractivity contribution in [3.8, 4) is 0 Å². The topological polar surface area (TPSA) is 54.5 Å². The van der Waals surface area contributed by atoms with Gasteiger partial charge in [-0.2, -0.15) is 4.98 Å². The van der Waals surface area contributed by atoms with Gasteiger partial charge in [-0.3, -0.25) is 0 Å². The van der Waals surface area contributed by atoms with E-state index in [9.17, 15) is 0 Å². The zero-order valence-electron chi connectivity index (χ0n) is 7.17. The van der Waals surface area contributed by atoms with Crippen LogP contribution in [0, 0.1) is 0 Å². The maximum absolute atomic E-state index is 5.70. The molecule has 0 saturated heterocycles. The summed E-state index contributed by atoms with van der Waals surface area (Å²) in [6.45, 7) is 0. The van der Waals surface area contributed by atoms with Crippen LogP contribution in [0.1, 0.15) is 1.43 Å². The van der Waals surface area contributed by atoms with Crippen LogP contribution in [0.3, 0.4) is 0 Å². The first-order valence-electron chi connectivity index (χ1n) is 2.79. The van der Waals surface area contributed by atoms with Crippen LogP contribution in [-0.4, -0.2) is 19.9 Å². The van der Waals surface area contributed by atoms with Crippen molar-refractivity contribution >= 4 is 34.4 Å². The second-order valence-electron chi connectivity index (χ2n) is 1.88. The molecule has 12 heavy (non-hydrogen) atoms. The van der Waals surface area contributed by atoms with Gasteiger partial charge in [0, 0.05) is 0 Å². The molecule has 0 bridgehead atoms. The Hall–Kier alpha value is 0.766. The minimum absolute atomic E-state index is 0. The maximum Gasteiger partial charge on any atom is 1.00 e. The molecular formula is C5H3Cl2KN4. The summed E-state index contributed by atoms with van der Waals surface area (Å²) in [7, 11) is 0. The number of aromatic amines is 1. The third kappa shape index (κ3) is 1.98. The van der Waals surface area contributed by atoms with Crippen molar-refractivity contribution in [2.75, 3.05) is 0 Å². The van der Waals surface area contributed by atoms with E-state index in [2.05, 4.69) is 19.9 Å². The molecule has 0 fully saturated rings. The van der Waals surface area contributed by atoms with Gasteiger partial charge in [0.25, 0.3) is 0 Å². The first kappa shape index (κ1) is 10.8. The molecule has 0 aliphatic heterocycles. The van der Waals surface area contributed by atoms with Crippen molar-refractivity contribution < 1.29 is 52.8 Å². The minimum atomic E-state index is 0. The van der Waals surface area contributed by atoms with Crippen LogP contribution in [-0.2, 0) is 0 Å². The summed E-state index contributed by atoms with van der Waals surface area (Å²) in [6.07, 6.45) is 1.49. The molecule has 0 amide bonds. The number of nitrogens with zero attached hydrogens (tertiary/aromatic N) is 3. The fourth-order valence-corrected chi connectivity index (χ4v) is 1.20. The van der Waals surface area contributed by atoms with Crippen LogP contribution >= 0.6 is 23.2 Å². The normalized spacial score (nSPS) is 9.83. The Labute approximate surface area is 122 Å². The molecule has 0 aliphatic rings. The van der Waals surface area contributed by atoms with E-state index in [4.69, 9.17) is 23.2 Å². The molecule has 58 valence electrons. The van der Waals surface area contributed by atoms with Crippen LogP contribution in [0.4, 0.5) is 0 Å². The molecule has 4 nitrogen and oxygen atoms in total. The van der Waals surface area contributed by atoms with Gasteiger partial charge in [-0.15, -0.1) is 0 Å². The van der Waals surface area contributed by atoms with Gasteiger partial charge in [0.1, 0.15) is 5.52 Å². The Balaban J connectivity index is 0.000000720. The summed E-state index contributed by atoms with van der Waals surface area (Å²) in [5, 5.41) is 0.395. The van der Waals surface area contributed by atoms with Gasteiger partial charge in [0.15, 0.2) is 10.8 Å². The average Bonchev–Trinajstić information content (AvgIpc) is 2.34. The Kier molecular flexibility index (Phi) is 3.90. The predicted molar refractivity (Wildman–Crippen MR) is 42.8 cm³/mol. The van der Waals surface area contributed by atoms with E-state index >= 15 is 0 Å². The number of imidazole rings is 1. The maximum atomic E-state index is 5.70. The number of nitrogens with one attached hydrogen (secondary N) is 1. The first-order valence-corrected chi connectivity index (χ1v) is 3.55. The van der Waals surface area contributed by atoms with Gasteiger partial charge in [-0.25, -0.2) is 9.97 Å². The van der Waals surface area contributed by atoms with Crippen LogP contribution in [0.2, 0.25) is 10.4 Å². The Morgan fingerprint density at radius 3 is 2.83 bits per heavy atom. The summed E-state index contributed by atoms with van der Waals surface area (Å²) in [6, 6.07) is 0. The van der Waals surface area contributed by atoms with E-state index in [-0.39, 0.29) is 63.2 Å². The molecular weight excluding hydrogens is 226 g/mol. The smallest absolute Gasteiger partial charge is 1.00 e. The van der Waals surface area contributed by atoms with E-state index in [1.165, 1.54) is 6.33 Å². The van der Waals surface area contributed by atoms with Crippen molar-refractivity contribution in [2.24, 2.45) is 0 Å². The fraction of sp³-hybridized carbons (Fsp3) is 0. The first-order chi connectivity index (χ1) is 5.27. The zero-order valence-corrected chi connectivity index (χ0v) is 10.8. The summed E-state index contributed by atoms with van der Waals surface area (Å²) >= 11 is 11.2. The van der Waals surface area contributed by atoms with Gasteiger partial charge < -0.3 is 6.41 Å². The number of halogens is 2. The third-order valence-corrected chi connectivity index (χ3v) is 1.66. The van der Waals surface area contributed by atoms with E-state index in [1.807, 2.05) is 0 Å². The Morgan fingerprint density at radius 2 is 2.08 bits per heavy atom. The molecule has 0 atom stereocenters. The van der Waals surface area contributed by atoms with Gasteiger partial charge in [-0.05, 0) is 11.6 Å². The van der Waals surface area contributed by atoms with E-state index in [1.54, 1.807) is 0 Å². The molecule has 2 aromatic heterocycles. The number of rotatable bonds is 0. The summed E-state index contributed by atoms with van der Waals surface area (Å²) in [5.41, 5.74) is 1.09. The van der Waals surface area contributed by atoms with Crippen molar-refractivity contribution in [1.82, 2.24) is 19.9 Å². The molecule has 1 N–H and O–H groups in total. The quantitative estimate of drug-likeness (QED) is 0.350. The summed E-state index contributed by atoms with van der Waals surface area (Å²) in [4.78, 5) is 14.2. The second-order valence-corrected chi connectivity index (χ2v) is 2.58. The van der Waals surface area contributed by atoms with Crippen LogP contribution in [0.25, 0.3) is 11.2 Å². The Morgan fingerprint density at radius 1 is 1.33 bits per heavy atom. The minimum Gasteiger partial charge on any atom is -1.00 e. The van der Waals surface area contributed by atoms with E-state index in [0.29, 0.717) is 11.2 Å². The van der Waals surface area contributed by atoms with Gasteiger partial charge in [-0.1, -0.05) is 11.6 Å². The molecule has 0 unspecified atom stereocenters. The molecule has 0 aliphatic carbocycles. The van der Waals surface area contributed by atoms with Gasteiger partial charge in [0.2, 0.25) is 5.28 Å². The molecule has 0 spiro atoms. The van der Waals surface area contributed by atoms with Gasteiger partial charge in [0.05, 0.1) is 6.33 Å². The predicted octanol–water partition coefficient (Wildman–Crippen LogP) is -1.22. The van der Waals surface area contributed by atoms with Gasteiger partial charge >= 0.3 is 51.4 Å². The number of hydrogen-bond donors (Lipinski definition) is 1. The van der Waals surface area contributed by atoms with Crippen LogP contribution in [0.15, 0.2) is 6.33 Å². The zero-order chi connectivity index (χ0) is 7.84. The SMILES string of the molecule is Clc1nc(Cl)c2[nH]cnc2n1.[H-].[K+].